The van der Waals surface area contributed by atoms with Gasteiger partial charge in [0.15, 0.2) is 5.65 Å². The number of aromatic nitrogens is 4. The molecule has 1 saturated heterocycles. The Morgan fingerprint density at radius 3 is 2.72 bits per heavy atom. The van der Waals surface area contributed by atoms with Crippen molar-refractivity contribution in [1.82, 2.24) is 29.5 Å². The Hall–Kier alpha value is -3.80. The molecular formula is C20H17FN6O4S. The summed E-state index contributed by atoms with van der Waals surface area (Å²) in [5.74, 6) is -1.35. The zero-order valence-electron chi connectivity index (χ0n) is 16.8. The second-order valence-electron chi connectivity index (χ2n) is 6.92. The lowest BCUT2D eigenvalue weighted by Crippen LogP contribution is -2.39. The molecule has 3 amide bonds. The van der Waals surface area contributed by atoms with Gasteiger partial charge in [0.2, 0.25) is 5.91 Å². The zero-order valence-corrected chi connectivity index (χ0v) is 17.6. The highest BCUT2D eigenvalue weighted by molar-refractivity contribution is 8.18. The molecule has 164 valence electrons. The second-order valence-corrected chi connectivity index (χ2v) is 7.91. The zero-order chi connectivity index (χ0) is 22.8. The van der Waals surface area contributed by atoms with E-state index in [1.54, 1.807) is 7.05 Å². The van der Waals surface area contributed by atoms with Crippen molar-refractivity contribution in [3.63, 3.8) is 0 Å². The van der Waals surface area contributed by atoms with Crippen LogP contribution in [0.5, 0.6) is 0 Å². The van der Waals surface area contributed by atoms with Crippen LogP contribution in [0.1, 0.15) is 5.56 Å². The van der Waals surface area contributed by atoms with Crippen LogP contribution >= 0.6 is 11.8 Å². The highest BCUT2D eigenvalue weighted by Gasteiger charge is 2.34. The van der Waals surface area contributed by atoms with Crippen LogP contribution in [0, 0.1) is 5.82 Å². The van der Waals surface area contributed by atoms with Crippen LogP contribution in [-0.4, -0.2) is 54.4 Å². The Kier molecular flexibility index (Phi) is 5.86. The van der Waals surface area contributed by atoms with Crippen LogP contribution in [0.2, 0.25) is 0 Å². The molecule has 1 aliphatic rings. The van der Waals surface area contributed by atoms with Gasteiger partial charge in [-0.2, -0.15) is 5.10 Å². The highest BCUT2D eigenvalue weighted by Crippen LogP contribution is 2.31. The summed E-state index contributed by atoms with van der Waals surface area (Å²) in [5.41, 5.74) is 0.615. The van der Waals surface area contributed by atoms with Gasteiger partial charge in [0.05, 0.1) is 11.1 Å². The number of amides is 3. The lowest BCUT2D eigenvalue weighted by molar-refractivity contribution is -0.124. The van der Waals surface area contributed by atoms with Gasteiger partial charge in [-0.25, -0.2) is 9.37 Å². The number of fused-ring (bicyclic) bond motifs is 1. The van der Waals surface area contributed by atoms with Gasteiger partial charge < -0.3 is 5.32 Å². The van der Waals surface area contributed by atoms with Crippen LogP contribution in [0.3, 0.4) is 0 Å². The van der Waals surface area contributed by atoms with E-state index in [9.17, 15) is 23.6 Å². The molecular weight excluding hydrogens is 439 g/mol. The van der Waals surface area contributed by atoms with E-state index in [1.807, 2.05) is 0 Å². The van der Waals surface area contributed by atoms with Crippen molar-refractivity contribution in [2.24, 2.45) is 7.05 Å². The lowest BCUT2D eigenvalue weighted by Gasteiger charge is -2.13. The van der Waals surface area contributed by atoms with Crippen molar-refractivity contribution in [3.05, 3.63) is 63.4 Å². The van der Waals surface area contributed by atoms with E-state index in [0.29, 0.717) is 16.6 Å². The summed E-state index contributed by atoms with van der Waals surface area (Å²) >= 11 is 0.778. The average molecular weight is 456 g/mol. The van der Waals surface area contributed by atoms with Crippen molar-refractivity contribution in [3.8, 4) is 0 Å². The number of imide groups is 1. The Morgan fingerprint density at radius 2 is 1.97 bits per heavy atom. The molecule has 4 rings (SSSR count). The van der Waals surface area contributed by atoms with Crippen molar-refractivity contribution in [2.75, 3.05) is 13.1 Å². The standard InChI is InChI=1S/C20H17FN6O4S/c1-25-17-14(9-24-25)18(29)26(11-23-17)10-16(28)22-6-7-27-19(30)15(32-20(27)31)8-12-2-4-13(21)5-3-12/h2-5,8-9,11H,6-7,10H2,1H3,(H,22,28)/b15-8-. The third kappa shape index (κ3) is 4.30. The van der Waals surface area contributed by atoms with Crippen molar-refractivity contribution < 1.29 is 18.8 Å². The number of halogens is 1. The highest BCUT2D eigenvalue weighted by atomic mass is 32.2. The Bertz CT molecular complexity index is 1310. The Labute approximate surface area is 184 Å². The molecule has 10 nitrogen and oxygen atoms in total. The first-order chi connectivity index (χ1) is 15.3. The van der Waals surface area contributed by atoms with Crippen LogP contribution in [0.15, 0.2) is 46.5 Å². The molecule has 0 aliphatic carbocycles. The van der Waals surface area contributed by atoms with Crippen molar-refractivity contribution in [2.45, 2.75) is 6.54 Å². The van der Waals surface area contributed by atoms with E-state index in [0.717, 1.165) is 21.2 Å². The summed E-state index contributed by atoms with van der Waals surface area (Å²) in [7, 11) is 1.66. The van der Waals surface area contributed by atoms with Gasteiger partial charge in [0.1, 0.15) is 24.1 Å². The number of nitrogens with one attached hydrogen (secondary N) is 1. The van der Waals surface area contributed by atoms with E-state index < -0.39 is 28.4 Å². The quantitative estimate of drug-likeness (QED) is 0.552. The fraction of sp³-hybridized carbons (Fsp3) is 0.200. The lowest BCUT2D eigenvalue weighted by atomic mass is 10.2. The third-order valence-electron chi connectivity index (χ3n) is 4.73. The number of hydrogen-bond acceptors (Lipinski definition) is 7. The van der Waals surface area contributed by atoms with Crippen LogP contribution in [-0.2, 0) is 23.2 Å². The number of carbonyl (C=O) groups excluding carboxylic acids is 3. The monoisotopic (exact) mass is 456 g/mol. The van der Waals surface area contributed by atoms with Gasteiger partial charge >= 0.3 is 0 Å². The van der Waals surface area contributed by atoms with Crippen LogP contribution < -0.4 is 10.9 Å². The number of carbonyl (C=O) groups is 3. The predicted molar refractivity (Wildman–Crippen MR) is 115 cm³/mol. The molecule has 0 unspecified atom stereocenters. The Morgan fingerprint density at radius 1 is 1.22 bits per heavy atom. The van der Waals surface area contributed by atoms with E-state index >= 15 is 0 Å². The SMILES string of the molecule is Cn1ncc2c(=O)n(CC(=O)NCCN3C(=O)S/C(=C\c4ccc(F)cc4)C3=O)cnc21. The summed E-state index contributed by atoms with van der Waals surface area (Å²) in [6.07, 6.45) is 4.16. The third-order valence-corrected chi connectivity index (χ3v) is 5.64. The molecule has 3 heterocycles. The summed E-state index contributed by atoms with van der Waals surface area (Å²) in [4.78, 5) is 54.7. The number of nitrogens with zero attached hydrogens (tertiary/aromatic N) is 5. The first kappa shape index (κ1) is 21.4. The molecule has 0 radical (unpaired) electrons. The molecule has 12 heteroatoms. The molecule has 1 aliphatic heterocycles. The van der Waals surface area contributed by atoms with E-state index in [-0.39, 0.29) is 24.5 Å². The number of rotatable bonds is 6. The topological polar surface area (TPSA) is 119 Å². The van der Waals surface area contributed by atoms with Crippen molar-refractivity contribution >= 4 is 45.9 Å². The molecule has 0 bridgehead atoms. The fourth-order valence-corrected chi connectivity index (χ4v) is 3.97. The fourth-order valence-electron chi connectivity index (χ4n) is 3.10. The molecule has 0 saturated carbocycles. The maximum Gasteiger partial charge on any atom is 0.293 e. The second kappa shape index (κ2) is 8.75. The number of aryl methyl sites for hydroxylation is 1. The number of benzene rings is 1. The molecule has 2 aromatic heterocycles. The van der Waals surface area contributed by atoms with Gasteiger partial charge in [-0.1, -0.05) is 12.1 Å². The first-order valence-electron chi connectivity index (χ1n) is 9.48. The summed E-state index contributed by atoms with van der Waals surface area (Å²) in [6, 6.07) is 5.53. The van der Waals surface area contributed by atoms with E-state index in [2.05, 4.69) is 15.4 Å². The largest absolute Gasteiger partial charge is 0.353 e. The van der Waals surface area contributed by atoms with E-state index in [4.69, 9.17) is 0 Å². The minimum absolute atomic E-state index is 0.0219. The molecule has 1 N–H and O–H groups in total. The molecule has 0 spiro atoms. The maximum atomic E-state index is 13.0. The normalized spacial score (nSPS) is 15.2. The maximum absolute atomic E-state index is 13.0. The first-order valence-corrected chi connectivity index (χ1v) is 10.3. The molecule has 1 aromatic carbocycles. The average Bonchev–Trinajstić information content (AvgIpc) is 3.26. The van der Waals surface area contributed by atoms with E-state index in [1.165, 1.54) is 47.5 Å². The predicted octanol–water partition coefficient (Wildman–Crippen LogP) is 1.12. The smallest absolute Gasteiger partial charge is 0.293 e. The minimum Gasteiger partial charge on any atom is -0.353 e. The van der Waals surface area contributed by atoms with Crippen LogP contribution in [0.25, 0.3) is 17.1 Å². The summed E-state index contributed by atoms with van der Waals surface area (Å²) in [5, 5.41) is 6.40. The summed E-state index contributed by atoms with van der Waals surface area (Å²) < 4.78 is 15.6. The van der Waals surface area contributed by atoms with Gasteiger partial charge in [-0.15, -0.1) is 0 Å². The van der Waals surface area contributed by atoms with Crippen LogP contribution in [0.4, 0.5) is 9.18 Å². The molecule has 3 aromatic rings. The molecule has 1 fully saturated rings. The molecule has 32 heavy (non-hydrogen) atoms. The van der Waals surface area contributed by atoms with Gasteiger partial charge in [-0.05, 0) is 35.5 Å². The molecule has 0 atom stereocenters. The number of hydrogen-bond donors (Lipinski definition) is 1. The summed E-state index contributed by atoms with van der Waals surface area (Å²) in [6.45, 7) is -0.257. The van der Waals surface area contributed by atoms with Gasteiger partial charge in [0.25, 0.3) is 16.7 Å². The van der Waals surface area contributed by atoms with Crippen molar-refractivity contribution in [1.29, 1.82) is 0 Å². The minimum atomic E-state index is -0.485. The van der Waals surface area contributed by atoms with Gasteiger partial charge in [-0.3, -0.25) is 33.3 Å². The number of thioether (sulfide) groups is 1. The van der Waals surface area contributed by atoms with Gasteiger partial charge in [0, 0.05) is 20.1 Å². The Balaban J connectivity index is 1.34.